The fourth-order valence-corrected chi connectivity index (χ4v) is 1.40. The van der Waals surface area contributed by atoms with E-state index in [1.54, 1.807) is 18.3 Å². The molecule has 1 heterocycles. The van der Waals surface area contributed by atoms with Crippen molar-refractivity contribution in [2.45, 2.75) is 0 Å². The summed E-state index contributed by atoms with van der Waals surface area (Å²) in [5.41, 5.74) is 7.24. The van der Waals surface area contributed by atoms with Gasteiger partial charge in [0.25, 0.3) is 0 Å². The van der Waals surface area contributed by atoms with E-state index in [1.807, 2.05) is 12.1 Å². The Kier molecular flexibility index (Phi) is 1.62. The second kappa shape index (κ2) is 2.64. The van der Waals surface area contributed by atoms with Crippen molar-refractivity contribution in [3.8, 4) is 0 Å². The molecular weight excluding hydrogens is 172 g/mol. The molecule has 12 heavy (non-hydrogen) atoms. The van der Waals surface area contributed by atoms with Crippen LogP contribution in [-0.2, 0) is 0 Å². The Balaban J connectivity index is 2.89. The second-order valence-electron chi connectivity index (χ2n) is 2.57. The Morgan fingerprint density at radius 1 is 1.33 bits per heavy atom. The van der Waals surface area contributed by atoms with Crippen molar-refractivity contribution in [2.24, 2.45) is 0 Å². The van der Waals surface area contributed by atoms with Gasteiger partial charge in [0, 0.05) is 22.3 Å². The van der Waals surface area contributed by atoms with Gasteiger partial charge in [-0.25, -0.2) is 0 Å². The number of nitrogen functional groups attached to an aromatic ring is 1. The van der Waals surface area contributed by atoms with Crippen molar-refractivity contribution in [2.75, 3.05) is 5.73 Å². The van der Waals surface area contributed by atoms with Gasteiger partial charge in [0.15, 0.2) is 0 Å². The lowest BCUT2D eigenvalue weighted by Crippen LogP contribution is -1.87. The molecule has 2 nitrogen and oxygen atoms in total. The molecule has 0 aliphatic rings. The molecule has 0 amide bonds. The third-order valence-corrected chi connectivity index (χ3v) is 1.94. The molecule has 0 radical (unpaired) electrons. The molecule has 0 saturated heterocycles. The van der Waals surface area contributed by atoms with E-state index < -0.39 is 0 Å². The van der Waals surface area contributed by atoms with Crippen LogP contribution in [0.15, 0.2) is 30.5 Å². The lowest BCUT2D eigenvalue weighted by Gasteiger charge is -2.00. The van der Waals surface area contributed by atoms with Crippen molar-refractivity contribution in [1.29, 1.82) is 0 Å². The number of benzene rings is 1. The van der Waals surface area contributed by atoms with Crippen molar-refractivity contribution >= 4 is 28.2 Å². The average molecular weight is 179 g/mol. The third-order valence-electron chi connectivity index (χ3n) is 1.72. The number of rotatable bonds is 0. The molecule has 0 fully saturated rings. The molecule has 0 spiro atoms. The van der Waals surface area contributed by atoms with Crippen molar-refractivity contribution in [1.82, 2.24) is 4.98 Å². The molecular formula is C9H7ClN2. The summed E-state index contributed by atoms with van der Waals surface area (Å²) in [6.07, 6.45) is 1.72. The maximum atomic E-state index is 5.80. The van der Waals surface area contributed by atoms with E-state index in [9.17, 15) is 0 Å². The molecule has 1 aromatic carbocycles. The normalized spacial score (nSPS) is 10.4. The summed E-state index contributed by atoms with van der Waals surface area (Å²) in [6, 6.07) is 7.30. The zero-order valence-electron chi connectivity index (χ0n) is 6.29. The van der Waals surface area contributed by atoms with Gasteiger partial charge in [0.1, 0.15) is 0 Å². The Morgan fingerprint density at radius 2 is 2.17 bits per heavy atom. The van der Waals surface area contributed by atoms with Gasteiger partial charge in [-0.2, -0.15) is 0 Å². The fraction of sp³-hybridized carbons (Fsp3) is 0. The highest BCUT2D eigenvalue weighted by atomic mass is 35.5. The van der Waals surface area contributed by atoms with Crippen LogP contribution in [0, 0.1) is 0 Å². The Labute approximate surface area is 75.0 Å². The highest BCUT2D eigenvalue weighted by Gasteiger charge is 1.99. The van der Waals surface area contributed by atoms with Crippen LogP contribution in [0.25, 0.3) is 10.9 Å². The van der Waals surface area contributed by atoms with Crippen LogP contribution in [0.4, 0.5) is 5.69 Å². The number of aromatic nitrogens is 1. The first-order valence-electron chi connectivity index (χ1n) is 3.57. The van der Waals surface area contributed by atoms with Crippen molar-refractivity contribution < 1.29 is 0 Å². The molecule has 0 bridgehead atoms. The van der Waals surface area contributed by atoms with Gasteiger partial charge in [-0.15, -0.1) is 0 Å². The SMILES string of the molecule is Nc1cc(Cl)cc2ncccc12. The smallest absolute Gasteiger partial charge is 0.0737 e. The van der Waals surface area contributed by atoms with E-state index >= 15 is 0 Å². The first kappa shape index (κ1) is 7.37. The van der Waals surface area contributed by atoms with Crippen LogP contribution in [0.2, 0.25) is 5.02 Å². The second-order valence-corrected chi connectivity index (χ2v) is 3.00. The van der Waals surface area contributed by atoms with E-state index in [-0.39, 0.29) is 0 Å². The molecule has 1 aromatic heterocycles. The zero-order chi connectivity index (χ0) is 8.55. The summed E-state index contributed by atoms with van der Waals surface area (Å²) in [5.74, 6) is 0. The zero-order valence-corrected chi connectivity index (χ0v) is 7.05. The van der Waals surface area contributed by atoms with Gasteiger partial charge in [-0.05, 0) is 24.3 Å². The Hall–Kier alpha value is -1.28. The van der Waals surface area contributed by atoms with Crippen LogP contribution < -0.4 is 5.73 Å². The van der Waals surface area contributed by atoms with Gasteiger partial charge in [0.2, 0.25) is 0 Å². The number of anilines is 1. The lowest BCUT2D eigenvalue weighted by atomic mass is 10.2. The van der Waals surface area contributed by atoms with Gasteiger partial charge in [-0.1, -0.05) is 11.6 Å². The highest BCUT2D eigenvalue weighted by Crippen LogP contribution is 2.23. The van der Waals surface area contributed by atoms with Crippen LogP contribution in [-0.4, -0.2) is 4.98 Å². The third kappa shape index (κ3) is 1.10. The number of pyridine rings is 1. The highest BCUT2D eigenvalue weighted by molar-refractivity contribution is 6.31. The maximum absolute atomic E-state index is 5.80. The molecule has 2 N–H and O–H groups in total. The van der Waals surface area contributed by atoms with E-state index in [0.29, 0.717) is 10.7 Å². The van der Waals surface area contributed by atoms with Gasteiger partial charge in [0.05, 0.1) is 5.52 Å². The van der Waals surface area contributed by atoms with E-state index in [0.717, 1.165) is 10.9 Å². The first-order valence-corrected chi connectivity index (χ1v) is 3.95. The first-order chi connectivity index (χ1) is 5.77. The lowest BCUT2D eigenvalue weighted by molar-refractivity contribution is 1.41. The standard InChI is InChI=1S/C9H7ClN2/c10-6-4-8(11)7-2-1-3-12-9(7)5-6/h1-5H,11H2. The predicted octanol–water partition coefficient (Wildman–Crippen LogP) is 2.47. The largest absolute Gasteiger partial charge is 0.398 e. The van der Waals surface area contributed by atoms with Crippen molar-refractivity contribution in [3.05, 3.63) is 35.5 Å². The minimum Gasteiger partial charge on any atom is -0.398 e. The topological polar surface area (TPSA) is 38.9 Å². The average Bonchev–Trinajstić information content (AvgIpc) is 2.04. The molecule has 3 heteroatoms. The predicted molar refractivity (Wildman–Crippen MR) is 51.2 cm³/mol. The van der Waals surface area contributed by atoms with E-state index in [2.05, 4.69) is 4.98 Å². The summed E-state index contributed by atoms with van der Waals surface area (Å²) >= 11 is 5.80. The van der Waals surface area contributed by atoms with Crippen LogP contribution in [0.3, 0.4) is 0 Å². The summed E-state index contributed by atoms with van der Waals surface area (Å²) in [6.45, 7) is 0. The molecule has 0 aliphatic heterocycles. The van der Waals surface area contributed by atoms with E-state index in [4.69, 9.17) is 17.3 Å². The van der Waals surface area contributed by atoms with Crippen molar-refractivity contribution in [3.63, 3.8) is 0 Å². The molecule has 0 saturated carbocycles. The van der Waals surface area contributed by atoms with Crippen LogP contribution >= 0.6 is 11.6 Å². The molecule has 2 rings (SSSR count). The summed E-state index contributed by atoms with van der Waals surface area (Å²) in [5, 5.41) is 1.57. The Morgan fingerprint density at radius 3 is 3.00 bits per heavy atom. The van der Waals surface area contributed by atoms with Gasteiger partial charge < -0.3 is 5.73 Å². The number of hydrogen-bond acceptors (Lipinski definition) is 2. The number of nitrogens with zero attached hydrogens (tertiary/aromatic N) is 1. The molecule has 0 unspecified atom stereocenters. The summed E-state index contributed by atoms with van der Waals surface area (Å²) < 4.78 is 0. The quantitative estimate of drug-likeness (QED) is 0.630. The molecule has 0 atom stereocenters. The van der Waals surface area contributed by atoms with Gasteiger partial charge >= 0.3 is 0 Å². The molecule has 2 aromatic rings. The number of fused-ring (bicyclic) bond motifs is 1. The fourth-order valence-electron chi connectivity index (χ4n) is 1.18. The van der Waals surface area contributed by atoms with Crippen LogP contribution in [0.5, 0.6) is 0 Å². The van der Waals surface area contributed by atoms with E-state index in [1.165, 1.54) is 0 Å². The minimum atomic E-state index is 0.624. The molecule has 60 valence electrons. The van der Waals surface area contributed by atoms with Gasteiger partial charge in [-0.3, -0.25) is 4.98 Å². The summed E-state index contributed by atoms with van der Waals surface area (Å²) in [7, 11) is 0. The van der Waals surface area contributed by atoms with Crippen LogP contribution in [0.1, 0.15) is 0 Å². The molecule has 0 aliphatic carbocycles. The number of nitrogens with two attached hydrogens (primary N) is 1. The minimum absolute atomic E-state index is 0.624. The number of hydrogen-bond donors (Lipinski definition) is 1. The monoisotopic (exact) mass is 178 g/mol. The Bertz CT molecular complexity index is 426. The number of halogens is 1. The maximum Gasteiger partial charge on any atom is 0.0737 e. The summed E-state index contributed by atoms with van der Waals surface area (Å²) in [4.78, 5) is 4.14.